The van der Waals surface area contributed by atoms with Gasteiger partial charge in [0.1, 0.15) is 0 Å². The minimum Gasteiger partial charge on any atom is -0.512 e. The summed E-state index contributed by atoms with van der Waals surface area (Å²) in [5, 5.41) is 20.9. The first-order valence-electron chi connectivity index (χ1n) is 7.24. The van der Waals surface area contributed by atoms with Gasteiger partial charge in [-0.25, -0.2) is 0 Å². The van der Waals surface area contributed by atoms with Crippen molar-refractivity contribution in [3.63, 3.8) is 0 Å². The molecule has 0 aromatic heterocycles. The van der Waals surface area contributed by atoms with Crippen molar-refractivity contribution in [3.05, 3.63) is 59.4 Å². The second kappa shape index (κ2) is 5.49. The van der Waals surface area contributed by atoms with Gasteiger partial charge in [-0.2, -0.15) is 0 Å². The second-order valence-corrected chi connectivity index (χ2v) is 6.23. The fraction of sp³-hybridized carbons (Fsp3) is 0.389. The van der Waals surface area contributed by atoms with Crippen LogP contribution in [0.4, 0.5) is 0 Å². The van der Waals surface area contributed by atoms with Crippen LogP contribution >= 0.6 is 0 Å². The van der Waals surface area contributed by atoms with Gasteiger partial charge < -0.3 is 10.2 Å². The minimum absolute atomic E-state index is 0.0734. The number of Topliss-reactive ketones (excluding diaryl/α,β-unsaturated/α-hetero) is 1. The quantitative estimate of drug-likeness (QED) is 0.827. The monoisotopic (exact) mass is 286 g/mol. The molecule has 0 saturated heterocycles. The molecule has 1 aliphatic carbocycles. The molecule has 0 heterocycles. The zero-order valence-electron chi connectivity index (χ0n) is 12.8. The molecule has 0 amide bonds. The van der Waals surface area contributed by atoms with E-state index < -0.39 is 5.60 Å². The van der Waals surface area contributed by atoms with Gasteiger partial charge in [0.15, 0.2) is 11.4 Å². The highest BCUT2D eigenvalue weighted by atomic mass is 16.3. The Bertz CT molecular complexity index is 596. The summed E-state index contributed by atoms with van der Waals surface area (Å²) >= 11 is 0. The van der Waals surface area contributed by atoms with E-state index in [9.17, 15) is 15.0 Å². The van der Waals surface area contributed by atoms with Gasteiger partial charge in [0.05, 0.1) is 5.76 Å². The predicted molar refractivity (Wildman–Crippen MR) is 83.2 cm³/mol. The third-order valence-corrected chi connectivity index (χ3v) is 4.32. The van der Waals surface area contributed by atoms with Crippen molar-refractivity contribution in [3.8, 4) is 0 Å². The number of rotatable bonds is 4. The van der Waals surface area contributed by atoms with E-state index in [1.165, 1.54) is 6.08 Å². The van der Waals surface area contributed by atoms with E-state index in [-0.39, 0.29) is 23.4 Å². The average Bonchev–Trinajstić information content (AvgIpc) is 2.47. The van der Waals surface area contributed by atoms with Gasteiger partial charge in [0, 0.05) is 12.0 Å². The molecule has 0 radical (unpaired) electrons. The Balaban J connectivity index is 2.30. The van der Waals surface area contributed by atoms with E-state index in [1.807, 2.05) is 26.8 Å². The number of ketones is 1. The molecule has 2 rings (SSSR count). The summed E-state index contributed by atoms with van der Waals surface area (Å²) in [7, 11) is 0. The third-order valence-electron chi connectivity index (χ3n) is 4.32. The first-order valence-corrected chi connectivity index (χ1v) is 7.24. The standard InChI is InChI=1S/C18H22O3/c1-4-17(2,3)14-10-11-18(21,12-15(14)19)16(20)13-8-6-5-7-9-13/h5-11,19,21H,4,12H2,1-3H3. The molecule has 0 aliphatic heterocycles. The summed E-state index contributed by atoms with van der Waals surface area (Å²) in [6.45, 7) is 6.11. The number of hydrogen-bond acceptors (Lipinski definition) is 3. The van der Waals surface area contributed by atoms with Crippen LogP contribution in [0.2, 0.25) is 0 Å². The van der Waals surface area contributed by atoms with E-state index in [1.54, 1.807) is 30.3 Å². The highest BCUT2D eigenvalue weighted by Crippen LogP contribution is 2.39. The van der Waals surface area contributed by atoms with E-state index in [0.717, 1.165) is 12.0 Å². The van der Waals surface area contributed by atoms with Crippen molar-refractivity contribution >= 4 is 5.78 Å². The van der Waals surface area contributed by atoms with Gasteiger partial charge in [0.25, 0.3) is 0 Å². The smallest absolute Gasteiger partial charge is 0.198 e. The molecule has 1 aliphatic rings. The van der Waals surface area contributed by atoms with Crippen LogP contribution < -0.4 is 0 Å². The van der Waals surface area contributed by atoms with Crippen LogP contribution in [0.1, 0.15) is 44.0 Å². The van der Waals surface area contributed by atoms with Crippen molar-refractivity contribution < 1.29 is 15.0 Å². The average molecular weight is 286 g/mol. The number of hydrogen-bond donors (Lipinski definition) is 2. The molecule has 112 valence electrons. The molecule has 3 heteroatoms. The highest BCUT2D eigenvalue weighted by molar-refractivity contribution is 6.04. The Morgan fingerprint density at radius 3 is 2.43 bits per heavy atom. The Hall–Kier alpha value is -1.87. The van der Waals surface area contributed by atoms with Gasteiger partial charge in [-0.05, 0) is 23.5 Å². The number of benzene rings is 1. The van der Waals surface area contributed by atoms with Gasteiger partial charge >= 0.3 is 0 Å². The summed E-state index contributed by atoms with van der Waals surface area (Å²) in [4.78, 5) is 12.5. The number of carbonyl (C=O) groups is 1. The van der Waals surface area contributed by atoms with Crippen molar-refractivity contribution in [2.24, 2.45) is 5.41 Å². The molecule has 1 atom stereocenters. The van der Waals surface area contributed by atoms with E-state index in [2.05, 4.69) is 0 Å². The lowest BCUT2D eigenvalue weighted by molar-refractivity contribution is 0.0473. The zero-order chi connectivity index (χ0) is 15.7. The molecule has 3 nitrogen and oxygen atoms in total. The lowest BCUT2D eigenvalue weighted by Crippen LogP contribution is -2.39. The van der Waals surface area contributed by atoms with Crippen molar-refractivity contribution in [1.82, 2.24) is 0 Å². The summed E-state index contributed by atoms with van der Waals surface area (Å²) in [6, 6.07) is 8.66. The Morgan fingerprint density at radius 1 is 1.29 bits per heavy atom. The van der Waals surface area contributed by atoms with Crippen molar-refractivity contribution in [2.45, 2.75) is 39.2 Å². The zero-order valence-corrected chi connectivity index (χ0v) is 12.8. The fourth-order valence-corrected chi connectivity index (χ4v) is 2.53. The lowest BCUT2D eigenvalue weighted by atomic mass is 9.75. The Morgan fingerprint density at radius 2 is 1.90 bits per heavy atom. The topological polar surface area (TPSA) is 57.5 Å². The minimum atomic E-state index is -1.67. The van der Waals surface area contributed by atoms with Crippen LogP contribution in [0.15, 0.2) is 53.8 Å². The summed E-state index contributed by atoms with van der Waals surface area (Å²) < 4.78 is 0. The van der Waals surface area contributed by atoms with Crippen molar-refractivity contribution in [1.29, 1.82) is 0 Å². The van der Waals surface area contributed by atoms with Crippen LogP contribution in [0.3, 0.4) is 0 Å². The van der Waals surface area contributed by atoms with Crippen LogP contribution in [0.25, 0.3) is 0 Å². The summed E-state index contributed by atoms with van der Waals surface area (Å²) in [5.74, 6) is -0.296. The SMILES string of the molecule is CCC(C)(C)C1=C(O)CC(O)(C(=O)c2ccccc2)C=C1. The van der Waals surface area contributed by atoms with E-state index >= 15 is 0 Å². The van der Waals surface area contributed by atoms with E-state index in [0.29, 0.717) is 5.56 Å². The molecule has 0 fully saturated rings. The maximum Gasteiger partial charge on any atom is 0.198 e. The largest absolute Gasteiger partial charge is 0.512 e. The number of carbonyl (C=O) groups excluding carboxylic acids is 1. The molecule has 1 aromatic carbocycles. The maximum atomic E-state index is 12.5. The molecule has 1 unspecified atom stereocenters. The highest BCUT2D eigenvalue weighted by Gasteiger charge is 2.39. The van der Waals surface area contributed by atoms with Gasteiger partial charge in [-0.3, -0.25) is 4.79 Å². The summed E-state index contributed by atoms with van der Waals surface area (Å²) in [6.07, 6.45) is 3.98. The number of aliphatic hydroxyl groups excluding tert-OH is 1. The molecular weight excluding hydrogens is 264 g/mol. The Kier molecular flexibility index (Phi) is 4.06. The molecule has 1 aromatic rings. The molecule has 0 spiro atoms. The number of allylic oxidation sites excluding steroid dienone is 2. The molecule has 2 N–H and O–H groups in total. The second-order valence-electron chi connectivity index (χ2n) is 6.23. The maximum absolute atomic E-state index is 12.5. The predicted octanol–water partition coefficient (Wildman–Crippen LogP) is 3.81. The Labute approximate surface area is 125 Å². The summed E-state index contributed by atoms with van der Waals surface area (Å²) in [5.41, 5.74) is -0.623. The van der Waals surface area contributed by atoms with Gasteiger partial charge in [0.2, 0.25) is 0 Å². The van der Waals surface area contributed by atoms with Crippen LogP contribution in [-0.4, -0.2) is 21.6 Å². The van der Waals surface area contributed by atoms with Crippen LogP contribution in [0.5, 0.6) is 0 Å². The third kappa shape index (κ3) is 2.93. The number of aliphatic hydroxyl groups is 2. The molecule has 0 saturated carbocycles. The first kappa shape index (κ1) is 15.5. The molecule has 0 bridgehead atoms. The first-order chi connectivity index (χ1) is 9.80. The normalized spacial score (nSPS) is 22.5. The molecule has 21 heavy (non-hydrogen) atoms. The lowest BCUT2D eigenvalue weighted by Gasteiger charge is -2.33. The fourth-order valence-electron chi connectivity index (χ4n) is 2.53. The van der Waals surface area contributed by atoms with Crippen LogP contribution in [-0.2, 0) is 0 Å². The van der Waals surface area contributed by atoms with Crippen molar-refractivity contribution in [2.75, 3.05) is 0 Å². The van der Waals surface area contributed by atoms with Gasteiger partial charge in [-0.15, -0.1) is 0 Å². The van der Waals surface area contributed by atoms with Gasteiger partial charge in [-0.1, -0.05) is 57.2 Å². The van der Waals surface area contributed by atoms with E-state index in [4.69, 9.17) is 0 Å². The van der Waals surface area contributed by atoms with Crippen LogP contribution in [0, 0.1) is 5.41 Å². The molecular formula is C18H22O3.